The molecule has 2 aromatic rings. The molecular formula is C20H28N4O3S3. The molecule has 30 heavy (non-hydrogen) atoms. The van der Waals surface area contributed by atoms with Crippen LogP contribution in [0.3, 0.4) is 0 Å². The van der Waals surface area contributed by atoms with Gasteiger partial charge in [0.2, 0.25) is 0 Å². The Morgan fingerprint density at radius 1 is 1.17 bits per heavy atom. The normalized spacial score (nSPS) is 15.7. The van der Waals surface area contributed by atoms with Crippen molar-refractivity contribution in [2.45, 2.75) is 31.4 Å². The number of thioether (sulfide) groups is 1. The van der Waals surface area contributed by atoms with E-state index in [2.05, 4.69) is 4.98 Å². The average molecular weight is 469 g/mol. The molecule has 0 bridgehead atoms. The van der Waals surface area contributed by atoms with Crippen molar-refractivity contribution in [2.75, 3.05) is 39.3 Å². The molecule has 1 fully saturated rings. The predicted octanol–water partition coefficient (Wildman–Crippen LogP) is 3.09. The van der Waals surface area contributed by atoms with Gasteiger partial charge in [-0.25, -0.2) is 4.98 Å². The maximum Gasteiger partial charge on any atom is 0.282 e. The van der Waals surface area contributed by atoms with Gasteiger partial charge in [-0.3, -0.25) is 4.79 Å². The van der Waals surface area contributed by atoms with Gasteiger partial charge in [-0.05, 0) is 19.1 Å². The second kappa shape index (κ2) is 10.2. The topological polar surface area (TPSA) is 73.8 Å². The number of aryl methyl sites for hydroxylation is 1. The fraction of sp³-hybridized carbons (Fsp3) is 0.500. The minimum Gasteiger partial charge on any atom is -0.336 e. The second-order valence-corrected chi connectivity index (χ2v) is 10.9. The van der Waals surface area contributed by atoms with Crippen LogP contribution >= 0.6 is 23.1 Å². The van der Waals surface area contributed by atoms with E-state index in [1.54, 1.807) is 28.0 Å². The van der Waals surface area contributed by atoms with Crippen LogP contribution < -0.4 is 0 Å². The van der Waals surface area contributed by atoms with Gasteiger partial charge in [-0.1, -0.05) is 26.0 Å². The van der Waals surface area contributed by atoms with Crippen LogP contribution in [0.2, 0.25) is 0 Å². The van der Waals surface area contributed by atoms with Crippen molar-refractivity contribution in [3.05, 3.63) is 45.9 Å². The zero-order valence-corrected chi connectivity index (χ0v) is 20.0. The molecule has 1 saturated heterocycles. The fourth-order valence-corrected chi connectivity index (χ4v) is 6.66. The largest absolute Gasteiger partial charge is 0.336 e. The third-order valence-corrected chi connectivity index (χ3v) is 9.16. The average Bonchev–Trinajstić information content (AvgIpc) is 3.18. The molecule has 0 aliphatic carbocycles. The molecule has 0 saturated carbocycles. The van der Waals surface area contributed by atoms with Gasteiger partial charge in [-0.2, -0.15) is 17.0 Å². The van der Waals surface area contributed by atoms with Crippen LogP contribution in [0.1, 0.15) is 34.9 Å². The zero-order valence-electron chi connectivity index (χ0n) is 17.6. The number of carbonyl (C=O) groups excluding carboxylic acids is 1. The smallest absolute Gasteiger partial charge is 0.282 e. The van der Waals surface area contributed by atoms with Crippen LogP contribution in [-0.4, -0.2) is 72.1 Å². The molecule has 0 atom stereocenters. The Labute approximate surface area is 187 Å². The minimum atomic E-state index is -3.46. The van der Waals surface area contributed by atoms with Gasteiger partial charge >= 0.3 is 0 Å². The molecule has 1 aromatic carbocycles. The summed E-state index contributed by atoms with van der Waals surface area (Å²) in [6.45, 7) is 7.96. The second-order valence-electron chi connectivity index (χ2n) is 6.93. The first-order valence-electron chi connectivity index (χ1n) is 10.0. The lowest BCUT2D eigenvalue weighted by atomic mass is 10.2. The van der Waals surface area contributed by atoms with Crippen molar-refractivity contribution in [2.24, 2.45) is 0 Å². The molecule has 1 aromatic heterocycles. The summed E-state index contributed by atoms with van der Waals surface area (Å²) in [6.07, 6.45) is 0. The SMILES string of the molecule is CCN(CC)S(=O)(=O)N1CCN(C(=O)c2ccccc2SCc2csc(C)n2)CC1. The van der Waals surface area contributed by atoms with Crippen LogP contribution in [0.15, 0.2) is 34.5 Å². The van der Waals surface area contributed by atoms with Gasteiger partial charge in [0.25, 0.3) is 16.1 Å². The third kappa shape index (κ3) is 5.23. The quantitative estimate of drug-likeness (QED) is 0.557. The Bertz CT molecular complexity index is 965. The van der Waals surface area contributed by atoms with E-state index in [1.807, 2.05) is 50.4 Å². The van der Waals surface area contributed by atoms with Crippen LogP contribution in [0, 0.1) is 6.92 Å². The Morgan fingerprint density at radius 3 is 2.43 bits per heavy atom. The summed E-state index contributed by atoms with van der Waals surface area (Å²) in [6, 6.07) is 7.60. The maximum atomic E-state index is 13.2. The molecule has 164 valence electrons. The Morgan fingerprint density at radius 2 is 1.83 bits per heavy atom. The first-order valence-corrected chi connectivity index (χ1v) is 13.3. The molecule has 0 N–H and O–H groups in total. The molecule has 1 aliphatic heterocycles. The molecule has 2 heterocycles. The summed E-state index contributed by atoms with van der Waals surface area (Å²) in [5.74, 6) is 0.664. The Hall–Kier alpha value is -1.46. The number of amides is 1. The first kappa shape index (κ1) is 23.2. The number of rotatable bonds is 8. The van der Waals surface area contributed by atoms with E-state index in [0.29, 0.717) is 50.6 Å². The first-order chi connectivity index (χ1) is 14.4. The van der Waals surface area contributed by atoms with Gasteiger partial charge < -0.3 is 4.90 Å². The summed E-state index contributed by atoms with van der Waals surface area (Å²) in [5, 5.41) is 3.08. The van der Waals surface area contributed by atoms with Crippen molar-refractivity contribution in [1.29, 1.82) is 0 Å². The lowest BCUT2D eigenvalue weighted by Gasteiger charge is -2.36. The van der Waals surface area contributed by atoms with Gasteiger partial charge in [0, 0.05) is 55.3 Å². The van der Waals surface area contributed by atoms with E-state index in [1.165, 1.54) is 8.61 Å². The van der Waals surface area contributed by atoms with Gasteiger partial charge in [-0.15, -0.1) is 23.1 Å². The fourth-order valence-electron chi connectivity index (χ4n) is 3.40. The van der Waals surface area contributed by atoms with Crippen molar-refractivity contribution < 1.29 is 13.2 Å². The van der Waals surface area contributed by atoms with Crippen LogP contribution in [-0.2, 0) is 16.0 Å². The lowest BCUT2D eigenvalue weighted by Crippen LogP contribution is -2.54. The van der Waals surface area contributed by atoms with E-state index in [4.69, 9.17) is 0 Å². The molecule has 10 heteroatoms. The monoisotopic (exact) mass is 468 g/mol. The van der Waals surface area contributed by atoms with E-state index in [-0.39, 0.29) is 5.91 Å². The molecular weight excluding hydrogens is 440 g/mol. The summed E-state index contributed by atoms with van der Waals surface area (Å²) < 4.78 is 28.4. The van der Waals surface area contributed by atoms with Crippen LogP contribution in [0.4, 0.5) is 0 Å². The van der Waals surface area contributed by atoms with E-state index in [0.717, 1.165) is 15.6 Å². The predicted molar refractivity (Wildman–Crippen MR) is 122 cm³/mol. The van der Waals surface area contributed by atoms with Gasteiger partial charge in [0.05, 0.1) is 16.3 Å². The van der Waals surface area contributed by atoms with E-state index >= 15 is 0 Å². The maximum absolute atomic E-state index is 13.2. The summed E-state index contributed by atoms with van der Waals surface area (Å²) >= 11 is 3.23. The molecule has 0 unspecified atom stereocenters. The highest BCUT2D eigenvalue weighted by molar-refractivity contribution is 7.98. The summed E-state index contributed by atoms with van der Waals surface area (Å²) in [4.78, 5) is 20.3. The molecule has 1 aliphatic rings. The minimum absolute atomic E-state index is 0.0487. The number of benzene rings is 1. The van der Waals surface area contributed by atoms with Gasteiger partial charge in [0.1, 0.15) is 0 Å². The van der Waals surface area contributed by atoms with Crippen molar-refractivity contribution >= 4 is 39.2 Å². The van der Waals surface area contributed by atoms with E-state index < -0.39 is 10.2 Å². The highest BCUT2D eigenvalue weighted by Crippen LogP contribution is 2.28. The number of carbonyl (C=O) groups is 1. The standard InChI is InChI=1S/C20H28N4O3S3/c1-4-23(5-2)30(26,27)24-12-10-22(11-13-24)20(25)18-8-6-7-9-19(18)29-15-17-14-28-16(3)21-17/h6-9,14H,4-5,10-13,15H2,1-3H3. The van der Waals surface area contributed by atoms with E-state index in [9.17, 15) is 13.2 Å². The Balaban J connectivity index is 1.65. The number of nitrogens with zero attached hydrogens (tertiary/aromatic N) is 4. The van der Waals surface area contributed by atoms with Crippen LogP contribution in [0.5, 0.6) is 0 Å². The highest BCUT2D eigenvalue weighted by Gasteiger charge is 2.32. The molecule has 7 nitrogen and oxygen atoms in total. The van der Waals surface area contributed by atoms with Crippen molar-refractivity contribution in [3.63, 3.8) is 0 Å². The third-order valence-electron chi connectivity index (χ3n) is 5.04. The Kier molecular flexibility index (Phi) is 7.92. The lowest BCUT2D eigenvalue weighted by molar-refractivity contribution is 0.0690. The summed E-state index contributed by atoms with van der Waals surface area (Å²) in [7, 11) is -3.46. The molecule has 0 spiro atoms. The van der Waals surface area contributed by atoms with Crippen molar-refractivity contribution in [3.8, 4) is 0 Å². The number of thiazole rings is 1. The van der Waals surface area contributed by atoms with Crippen LogP contribution in [0.25, 0.3) is 0 Å². The summed E-state index contributed by atoms with van der Waals surface area (Å²) in [5.41, 5.74) is 1.68. The zero-order chi connectivity index (χ0) is 21.7. The molecule has 0 radical (unpaired) electrons. The van der Waals surface area contributed by atoms with Gasteiger partial charge in [0.15, 0.2) is 0 Å². The number of aromatic nitrogens is 1. The molecule has 3 rings (SSSR count). The number of hydrogen-bond acceptors (Lipinski definition) is 6. The highest BCUT2D eigenvalue weighted by atomic mass is 32.2. The van der Waals surface area contributed by atoms with Crippen molar-refractivity contribution in [1.82, 2.24) is 18.5 Å². The number of hydrogen-bond donors (Lipinski definition) is 0. The number of piperazine rings is 1. The molecule has 1 amide bonds.